The highest BCUT2D eigenvalue weighted by Crippen LogP contribution is 2.25. The molecule has 1 aromatic heterocycles. The zero-order valence-corrected chi connectivity index (χ0v) is 10.7. The van der Waals surface area contributed by atoms with Crippen molar-refractivity contribution in [2.75, 3.05) is 0 Å². The van der Waals surface area contributed by atoms with Crippen LogP contribution in [-0.4, -0.2) is 11.9 Å². The fraction of sp³-hybridized carbons (Fsp3) is 0.615. The zero-order valence-electron chi connectivity index (χ0n) is 10.7. The molecule has 1 unspecified atom stereocenters. The van der Waals surface area contributed by atoms with E-state index in [2.05, 4.69) is 39.9 Å². The molecule has 1 amide bonds. The van der Waals surface area contributed by atoms with E-state index in [-0.39, 0.29) is 17.4 Å². The number of hydrogen-bond donors (Lipinski definition) is 1. The summed E-state index contributed by atoms with van der Waals surface area (Å²) >= 11 is 0. The van der Waals surface area contributed by atoms with Crippen molar-refractivity contribution >= 4 is 5.91 Å². The Bertz CT molecular complexity index is 333. The van der Waals surface area contributed by atoms with Crippen LogP contribution in [0.3, 0.4) is 0 Å². The van der Waals surface area contributed by atoms with Crippen LogP contribution in [0.2, 0.25) is 0 Å². The van der Waals surface area contributed by atoms with Crippen molar-refractivity contribution in [2.24, 2.45) is 11.3 Å². The lowest BCUT2D eigenvalue weighted by molar-refractivity contribution is 0.0845. The van der Waals surface area contributed by atoms with E-state index < -0.39 is 0 Å². The Hall–Kier alpha value is -1.25. The van der Waals surface area contributed by atoms with Gasteiger partial charge >= 0.3 is 0 Å². The van der Waals surface area contributed by atoms with Crippen molar-refractivity contribution in [1.82, 2.24) is 5.32 Å². The van der Waals surface area contributed by atoms with Crippen molar-refractivity contribution in [1.29, 1.82) is 0 Å². The molecule has 1 heterocycles. The molecular weight excluding hydrogens is 202 g/mol. The Morgan fingerprint density at radius 1 is 1.38 bits per heavy atom. The van der Waals surface area contributed by atoms with Gasteiger partial charge < -0.3 is 9.73 Å². The minimum atomic E-state index is -0.140. The predicted octanol–water partition coefficient (Wildman–Crippen LogP) is 3.08. The predicted molar refractivity (Wildman–Crippen MR) is 64.3 cm³/mol. The Kier molecular flexibility index (Phi) is 3.79. The molecule has 3 heteroatoms. The maximum atomic E-state index is 11.9. The lowest BCUT2D eigenvalue weighted by atomic mass is 9.80. The fourth-order valence-corrected chi connectivity index (χ4v) is 2.00. The lowest BCUT2D eigenvalue weighted by Crippen LogP contribution is -2.47. The molecule has 0 bridgehead atoms. The number of furan rings is 1. The van der Waals surface area contributed by atoms with Gasteiger partial charge in [0, 0.05) is 6.04 Å². The number of carbonyl (C=O) groups is 1. The summed E-state index contributed by atoms with van der Waals surface area (Å²) in [5.74, 6) is 0.618. The van der Waals surface area contributed by atoms with Crippen LogP contribution < -0.4 is 5.32 Å². The highest BCUT2D eigenvalue weighted by molar-refractivity contribution is 5.91. The summed E-state index contributed by atoms with van der Waals surface area (Å²) in [6.07, 6.45) is 1.51. The summed E-state index contributed by atoms with van der Waals surface area (Å²) < 4.78 is 5.08. The molecule has 16 heavy (non-hydrogen) atoms. The van der Waals surface area contributed by atoms with Gasteiger partial charge in [-0.1, -0.05) is 34.6 Å². The summed E-state index contributed by atoms with van der Waals surface area (Å²) in [6.45, 7) is 10.6. The van der Waals surface area contributed by atoms with Crippen LogP contribution in [0, 0.1) is 11.3 Å². The molecule has 0 saturated carbocycles. The monoisotopic (exact) mass is 223 g/mol. The topological polar surface area (TPSA) is 42.2 Å². The highest BCUT2D eigenvalue weighted by Gasteiger charge is 2.29. The molecule has 3 nitrogen and oxygen atoms in total. The van der Waals surface area contributed by atoms with Crippen LogP contribution in [0.4, 0.5) is 0 Å². The first-order valence-electron chi connectivity index (χ1n) is 5.66. The average Bonchev–Trinajstić information content (AvgIpc) is 2.63. The Morgan fingerprint density at radius 3 is 2.38 bits per heavy atom. The van der Waals surface area contributed by atoms with Crippen molar-refractivity contribution < 1.29 is 9.21 Å². The molecule has 0 spiro atoms. The van der Waals surface area contributed by atoms with Gasteiger partial charge in [-0.2, -0.15) is 0 Å². The second kappa shape index (κ2) is 4.73. The molecule has 1 atom stereocenters. The van der Waals surface area contributed by atoms with E-state index in [1.807, 2.05) is 0 Å². The van der Waals surface area contributed by atoms with E-state index in [0.717, 1.165) is 0 Å². The minimum absolute atomic E-state index is 0.0381. The molecule has 0 aromatic carbocycles. The van der Waals surface area contributed by atoms with E-state index in [9.17, 15) is 4.79 Å². The maximum Gasteiger partial charge on any atom is 0.287 e. The molecule has 0 radical (unpaired) electrons. The third-order valence-electron chi connectivity index (χ3n) is 2.63. The number of amides is 1. The van der Waals surface area contributed by atoms with Gasteiger partial charge in [0.05, 0.1) is 6.26 Å². The van der Waals surface area contributed by atoms with Crippen LogP contribution in [0.25, 0.3) is 0 Å². The third-order valence-corrected chi connectivity index (χ3v) is 2.63. The zero-order chi connectivity index (χ0) is 12.3. The maximum absolute atomic E-state index is 11.9. The first-order valence-corrected chi connectivity index (χ1v) is 5.66. The normalized spacial score (nSPS) is 13.9. The van der Waals surface area contributed by atoms with Crippen molar-refractivity contribution in [3.63, 3.8) is 0 Å². The Labute approximate surface area is 97.2 Å². The van der Waals surface area contributed by atoms with Gasteiger partial charge in [-0.3, -0.25) is 4.79 Å². The van der Waals surface area contributed by atoms with Gasteiger partial charge in [-0.05, 0) is 23.5 Å². The standard InChI is InChI=1S/C13H21NO2/c1-9(2)11(13(3,4)5)14-12(15)10-7-6-8-16-10/h6-9,11H,1-5H3,(H,14,15). The SMILES string of the molecule is CC(C)C(NC(=O)c1ccco1)C(C)(C)C. The van der Waals surface area contributed by atoms with E-state index in [1.165, 1.54) is 6.26 Å². The summed E-state index contributed by atoms with van der Waals surface area (Å²) in [5.41, 5.74) is 0.0381. The summed E-state index contributed by atoms with van der Waals surface area (Å²) in [5, 5.41) is 3.03. The lowest BCUT2D eigenvalue weighted by Gasteiger charge is -2.34. The summed E-state index contributed by atoms with van der Waals surface area (Å²) in [4.78, 5) is 11.9. The molecule has 0 saturated heterocycles. The second-order valence-electron chi connectivity index (χ2n) is 5.54. The van der Waals surface area contributed by atoms with Crippen LogP contribution in [0.5, 0.6) is 0 Å². The van der Waals surface area contributed by atoms with Crippen LogP contribution in [-0.2, 0) is 0 Å². The first kappa shape index (κ1) is 12.8. The van der Waals surface area contributed by atoms with Gasteiger partial charge in [0.15, 0.2) is 5.76 Å². The molecule has 0 aliphatic rings. The quantitative estimate of drug-likeness (QED) is 0.855. The first-order chi connectivity index (χ1) is 7.32. The van der Waals surface area contributed by atoms with E-state index >= 15 is 0 Å². The van der Waals surface area contributed by atoms with E-state index in [4.69, 9.17) is 4.42 Å². The number of rotatable bonds is 3. The van der Waals surface area contributed by atoms with Crippen molar-refractivity contribution in [3.05, 3.63) is 24.2 Å². The highest BCUT2D eigenvalue weighted by atomic mass is 16.3. The Morgan fingerprint density at radius 2 is 2.00 bits per heavy atom. The molecule has 90 valence electrons. The van der Waals surface area contributed by atoms with E-state index in [0.29, 0.717) is 11.7 Å². The van der Waals surface area contributed by atoms with Crippen LogP contribution in [0.1, 0.15) is 45.2 Å². The van der Waals surface area contributed by atoms with Gasteiger partial charge in [-0.15, -0.1) is 0 Å². The number of nitrogens with one attached hydrogen (secondary N) is 1. The summed E-state index contributed by atoms with van der Waals surface area (Å²) in [6, 6.07) is 3.52. The van der Waals surface area contributed by atoms with Gasteiger partial charge in [0.1, 0.15) is 0 Å². The molecular formula is C13H21NO2. The number of hydrogen-bond acceptors (Lipinski definition) is 2. The van der Waals surface area contributed by atoms with Crippen molar-refractivity contribution in [3.8, 4) is 0 Å². The van der Waals surface area contributed by atoms with E-state index in [1.54, 1.807) is 12.1 Å². The molecule has 1 rings (SSSR count). The second-order valence-corrected chi connectivity index (χ2v) is 5.54. The van der Waals surface area contributed by atoms with Crippen LogP contribution >= 0.6 is 0 Å². The van der Waals surface area contributed by atoms with Gasteiger partial charge in [0.25, 0.3) is 5.91 Å². The number of carbonyl (C=O) groups excluding carboxylic acids is 1. The van der Waals surface area contributed by atoms with Gasteiger partial charge in [-0.25, -0.2) is 0 Å². The van der Waals surface area contributed by atoms with Crippen molar-refractivity contribution in [2.45, 2.75) is 40.7 Å². The molecule has 0 fully saturated rings. The Balaban J connectivity index is 2.74. The third kappa shape index (κ3) is 3.12. The van der Waals surface area contributed by atoms with Crippen LogP contribution in [0.15, 0.2) is 22.8 Å². The minimum Gasteiger partial charge on any atom is -0.459 e. The summed E-state index contributed by atoms with van der Waals surface area (Å²) in [7, 11) is 0. The fourth-order valence-electron chi connectivity index (χ4n) is 2.00. The average molecular weight is 223 g/mol. The van der Waals surface area contributed by atoms with Gasteiger partial charge in [0.2, 0.25) is 0 Å². The molecule has 1 aromatic rings. The smallest absolute Gasteiger partial charge is 0.287 e. The molecule has 0 aliphatic carbocycles. The largest absolute Gasteiger partial charge is 0.459 e. The molecule has 1 N–H and O–H groups in total. The molecule has 0 aliphatic heterocycles.